The summed E-state index contributed by atoms with van der Waals surface area (Å²) in [6.45, 7) is 4.35. The van der Waals surface area contributed by atoms with Gasteiger partial charge in [-0.05, 0) is 93.8 Å². The molecule has 4 fully saturated rings. The molecule has 0 bridgehead atoms. The Kier molecular flexibility index (Phi) is 4.86. The van der Waals surface area contributed by atoms with Crippen LogP contribution in [0.5, 0.6) is 0 Å². The molecule has 0 saturated heterocycles. The third-order valence-electron chi connectivity index (χ3n) is 9.78. The number of Topliss-reactive ketones (excluding diaryl/α,β-unsaturated/α-hetero) is 1. The van der Waals surface area contributed by atoms with Crippen molar-refractivity contribution in [3.63, 3.8) is 0 Å². The Balaban J connectivity index is 1.34. The first kappa shape index (κ1) is 21.1. The van der Waals surface area contributed by atoms with Crippen LogP contribution in [0.4, 0.5) is 4.39 Å². The van der Waals surface area contributed by atoms with Crippen molar-refractivity contribution < 1.29 is 14.3 Å². The van der Waals surface area contributed by atoms with Gasteiger partial charge < -0.3 is 5.11 Å². The lowest BCUT2D eigenvalue weighted by Crippen LogP contribution is -2.58. The molecule has 0 spiro atoms. The summed E-state index contributed by atoms with van der Waals surface area (Å²) >= 11 is 0. The highest BCUT2D eigenvalue weighted by Crippen LogP contribution is 2.66. The molecule has 0 amide bonds. The van der Waals surface area contributed by atoms with Crippen LogP contribution in [0.2, 0.25) is 0 Å². The first-order chi connectivity index (χ1) is 14.7. The van der Waals surface area contributed by atoms with Crippen LogP contribution in [0.3, 0.4) is 0 Å². The predicted molar refractivity (Wildman–Crippen MR) is 114 cm³/mol. The van der Waals surface area contributed by atoms with Crippen molar-refractivity contribution in [3.8, 4) is 6.07 Å². The summed E-state index contributed by atoms with van der Waals surface area (Å²) in [5.41, 5.74) is -1.45. The van der Waals surface area contributed by atoms with Crippen molar-refractivity contribution in [3.05, 3.63) is 18.0 Å². The highest BCUT2D eigenvalue weighted by Gasteiger charge is 2.63. The normalized spacial score (nSPS) is 46.5. The molecule has 5 rings (SSSR count). The SMILES string of the molecule is C[C@@]1(O)CC[C@@]2(F)[C@H](CC[C@H]3[C@@H]4CC[C@H](C(=O)Cn5cc(C#N)cn5)[C@@]4(C)CC[C@@H]32)C1. The van der Waals surface area contributed by atoms with Gasteiger partial charge in [-0.15, -0.1) is 0 Å². The van der Waals surface area contributed by atoms with Crippen molar-refractivity contribution in [1.29, 1.82) is 5.26 Å². The van der Waals surface area contributed by atoms with Gasteiger partial charge in [0.05, 0.1) is 23.9 Å². The van der Waals surface area contributed by atoms with Crippen molar-refractivity contribution >= 4 is 5.78 Å². The van der Waals surface area contributed by atoms with Crippen LogP contribution < -0.4 is 0 Å². The number of carbonyl (C=O) groups is 1. The Morgan fingerprint density at radius 3 is 2.77 bits per heavy atom. The van der Waals surface area contributed by atoms with Crippen molar-refractivity contribution in [2.45, 2.75) is 89.4 Å². The summed E-state index contributed by atoms with van der Waals surface area (Å²) in [6.07, 6.45) is 10.3. The zero-order valence-electron chi connectivity index (χ0n) is 18.7. The third kappa shape index (κ3) is 3.26. The molecule has 168 valence electrons. The monoisotopic (exact) mass is 427 g/mol. The first-order valence-electron chi connectivity index (χ1n) is 12.0. The quantitative estimate of drug-likeness (QED) is 0.774. The molecule has 1 heterocycles. The second-order valence-electron chi connectivity index (χ2n) is 11.5. The van der Waals surface area contributed by atoms with E-state index in [0.717, 1.165) is 38.5 Å². The summed E-state index contributed by atoms with van der Waals surface area (Å²) in [6, 6.07) is 2.06. The highest BCUT2D eigenvalue weighted by molar-refractivity contribution is 5.82. The average molecular weight is 428 g/mol. The van der Waals surface area contributed by atoms with E-state index in [-0.39, 0.29) is 35.5 Å². The molecule has 4 saturated carbocycles. The zero-order valence-corrected chi connectivity index (χ0v) is 18.7. The molecule has 0 aliphatic heterocycles. The Hall–Kier alpha value is -1.74. The van der Waals surface area contributed by atoms with E-state index in [1.165, 1.54) is 6.20 Å². The molecule has 6 heteroatoms. The number of aliphatic hydroxyl groups is 1. The minimum Gasteiger partial charge on any atom is -0.390 e. The Bertz CT molecular complexity index is 920. The Labute approximate surface area is 184 Å². The molecule has 4 aliphatic rings. The molecular formula is C25H34FN3O2. The van der Waals surface area contributed by atoms with Crippen molar-refractivity contribution in [2.75, 3.05) is 0 Å². The number of hydrogen-bond donors (Lipinski definition) is 1. The van der Waals surface area contributed by atoms with E-state index in [4.69, 9.17) is 5.26 Å². The third-order valence-corrected chi connectivity index (χ3v) is 9.78. The maximum Gasteiger partial charge on any atom is 0.157 e. The van der Waals surface area contributed by atoms with E-state index in [1.54, 1.807) is 10.9 Å². The van der Waals surface area contributed by atoms with Gasteiger partial charge in [0.2, 0.25) is 0 Å². The second-order valence-corrected chi connectivity index (χ2v) is 11.5. The summed E-state index contributed by atoms with van der Waals surface area (Å²) in [5, 5.41) is 23.7. The lowest BCUT2D eigenvalue weighted by molar-refractivity contribution is -0.166. The number of aromatic nitrogens is 2. The molecular weight excluding hydrogens is 393 g/mol. The fourth-order valence-electron chi connectivity index (χ4n) is 8.28. The molecule has 1 aromatic heterocycles. The van der Waals surface area contributed by atoms with Crippen LogP contribution in [-0.2, 0) is 11.3 Å². The van der Waals surface area contributed by atoms with Gasteiger partial charge in [0, 0.05) is 12.1 Å². The minimum absolute atomic E-state index is 0.00596. The summed E-state index contributed by atoms with van der Waals surface area (Å²) < 4.78 is 18.0. The van der Waals surface area contributed by atoms with Gasteiger partial charge >= 0.3 is 0 Å². The number of fused-ring (bicyclic) bond motifs is 5. The van der Waals surface area contributed by atoms with Crippen LogP contribution in [-0.4, -0.2) is 31.9 Å². The smallest absolute Gasteiger partial charge is 0.157 e. The maximum absolute atomic E-state index is 16.4. The Morgan fingerprint density at radius 1 is 1.23 bits per heavy atom. The number of halogens is 1. The number of rotatable bonds is 3. The van der Waals surface area contributed by atoms with Crippen molar-refractivity contribution in [1.82, 2.24) is 9.78 Å². The number of hydrogen-bond acceptors (Lipinski definition) is 4. The highest BCUT2D eigenvalue weighted by atomic mass is 19.1. The Morgan fingerprint density at radius 2 is 2.03 bits per heavy atom. The number of ketones is 1. The lowest BCUT2D eigenvalue weighted by Gasteiger charge is -2.59. The summed E-state index contributed by atoms with van der Waals surface area (Å²) in [7, 11) is 0. The molecule has 5 nitrogen and oxygen atoms in total. The van der Waals surface area contributed by atoms with Gasteiger partial charge in [-0.3, -0.25) is 9.48 Å². The molecule has 1 N–H and O–H groups in total. The fraction of sp³-hybridized carbons (Fsp3) is 0.800. The van der Waals surface area contributed by atoms with Crippen LogP contribution in [0, 0.1) is 46.3 Å². The average Bonchev–Trinajstić information content (AvgIpc) is 3.31. The predicted octanol–water partition coefficient (Wildman–Crippen LogP) is 4.44. The van der Waals surface area contributed by atoms with Crippen LogP contribution in [0.1, 0.15) is 77.2 Å². The topological polar surface area (TPSA) is 78.9 Å². The number of carbonyl (C=O) groups excluding carboxylic acids is 1. The largest absolute Gasteiger partial charge is 0.390 e. The molecule has 0 aromatic carbocycles. The molecule has 31 heavy (non-hydrogen) atoms. The van der Waals surface area contributed by atoms with E-state index in [1.807, 2.05) is 6.92 Å². The maximum atomic E-state index is 16.4. The number of nitrogens with zero attached hydrogens (tertiary/aromatic N) is 3. The van der Waals surface area contributed by atoms with Gasteiger partial charge in [0.15, 0.2) is 5.78 Å². The van der Waals surface area contributed by atoms with Crippen LogP contribution in [0.25, 0.3) is 0 Å². The zero-order chi connectivity index (χ0) is 22.0. The number of nitriles is 1. The van der Waals surface area contributed by atoms with E-state index >= 15 is 4.39 Å². The standard InChI is InChI=1S/C25H34FN3O2/c1-23(31)9-10-25(26)17(11-23)3-4-18-19-5-6-21(24(19,2)8-7-20(18)25)22(30)15-29-14-16(12-27)13-28-29/h13-14,17-21,31H,3-11,15H2,1-2H3/t17-,18+,19+,20+,21-,23-,24+,25-/m1/s1. The first-order valence-corrected chi connectivity index (χ1v) is 12.0. The summed E-state index contributed by atoms with van der Waals surface area (Å²) in [4.78, 5) is 13.2. The second kappa shape index (κ2) is 7.13. The van der Waals surface area contributed by atoms with Crippen LogP contribution in [0.15, 0.2) is 12.4 Å². The molecule has 8 atom stereocenters. The van der Waals surface area contributed by atoms with E-state index in [2.05, 4.69) is 18.1 Å². The van der Waals surface area contributed by atoms with Gasteiger partial charge in [0.1, 0.15) is 11.7 Å². The van der Waals surface area contributed by atoms with Gasteiger partial charge in [-0.1, -0.05) is 6.92 Å². The molecule has 4 aliphatic carbocycles. The molecule has 1 aromatic rings. The van der Waals surface area contributed by atoms with E-state index < -0.39 is 11.3 Å². The number of alkyl halides is 1. The van der Waals surface area contributed by atoms with Crippen LogP contribution >= 0.6 is 0 Å². The van der Waals surface area contributed by atoms with Gasteiger partial charge in [-0.2, -0.15) is 10.4 Å². The molecule has 0 radical (unpaired) electrons. The molecule has 0 unspecified atom stereocenters. The van der Waals surface area contributed by atoms with Crippen molar-refractivity contribution in [2.24, 2.45) is 35.0 Å². The fourth-order valence-corrected chi connectivity index (χ4v) is 8.28. The lowest BCUT2D eigenvalue weighted by atomic mass is 9.48. The summed E-state index contributed by atoms with van der Waals surface area (Å²) in [5.74, 6) is 1.02. The minimum atomic E-state index is -1.14. The van der Waals surface area contributed by atoms with E-state index in [9.17, 15) is 9.90 Å². The van der Waals surface area contributed by atoms with Gasteiger partial charge in [0.25, 0.3) is 0 Å². The van der Waals surface area contributed by atoms with E-state index in [0.29, 0.717) is 36.7 Å². The van der Waals surface area contributed by atoms with Gasteiger partial charge in [-0.25, -0.2) is 4.39 Å².